The summed E-state index contributed by atoms with van der Waals surface area (Å²) in [6.07, 6.45) is 5.55. The van der Waals surface area contributed by atoms with Crippen molar-refractivity contribution in [1.82, 2.24) is 19.0 Å². The molecule has 0 aromatic carbocycles. The van der Waals surface area contributed by atoms with Crippen molar-refractivity contribution in [3.05, 3.63) is 29.7 Å². The molecule has 0 aliphatic carbocycles. The Kier molecular flexibility index (Phi) is 5.02. The number of nitrogens with zero attached hydrogens (tertiary/aromatic N) is 4. The van der Waals surface area contributed by atoms with Crippen molar-refractivity contribution in [2.45, 2.75) is 57.9 Å². The Morgan fingerprint density at radius 2 is 1.96 bits per heavy atom. The summed E-state index contributed by atoms with van der Waals surface area (Å²) in [7, 11) is -3.53. The second-order valence-electron chi connectivity index (χ2n) is 7.09. The summed E-state index contributed by atoms with van der Waals surface area (Å²) in [6.45, 7) is 9.54. The third-order valence-corrected chi connectivity index (χ3v) is 7.00. The number of imidazole rings is 1. The minimum Gasteiger partial charge on any atom is -0.360 e. The van der Waals surface area contributed by atoms with Crippen LogP contribution in [0, 0.1) is 19.8 Å². The average molecular weight is 366 g/mol. The lowest BCUT2D eigenvalue weighted by Crippen LogP contribution is -2.39. The fourth-order valence-electron chi connectivity index (χ4n) is 3.56. The van der Waals surface area contributed by atoms with Gasteiger partial charge in [0.2, 0.25) is 10.0 Å². The van der Waals surface area contributed by atoms with E-state index in [1.807, 2.05) is 12.4 Å². The minimum atomic E-state index is -3.53. The number of aryl methyl sites for hydroxylation is 2. The molecule has 8 heteroatoms. The molecule has 1 aliphatic heterocycles. The van der Waals surface area contributed by atoms with Gasteiger partial charge in [-0.15, -0.1) is 0 Å². The highest BCUT2D eigenvalue weighted by molar-refractivity contribution is 7.89. The molecule has 7 nitrogen and oxygen atoms in total. The standard InChI is InChI=1S/C17H26N4O3S/c1-12(2)17-18-7-10-20(17)11-15-5-8-21(9-6-15)25(22,23)16-13(3)19-24-14(16)4/h7,10,12,15H,5-6,8-9,11H2,1-4H3. The Hall–Kier alpha value is -1.67. The molecule has 2 aromatic rings. The summed E-state index contributed by atoms with van der Waals surface area (Å²) in [6, 6.07) is 0. The second-order valence-corrected chi connectivity index (χ2v) is 8.97. The fraction of sp³-hybridized carbons (Fsp3) is 0.647. The molecule has 3 heterocycles. The van der Waals surface area contributed by atoms with Gasteiger partial charge in [0.1, 0.15) is 16.4 Å². The van der Waals surface area contributed by atoms with Gasteiger partial charge in [-0.25, -0.2) is 13.4 Å². The van der Waals surface area contributed by atoms with Crippen LogP contribution in [-0.2, 0) is 16.6 Å². The first-order valence-corrected chi connectivity index (χ1v) is 10.2. The van der Waals surface area contributed by atoms with Crippen LogP contribution in [0.15, 0.2) is 21.8 Å². The lowest BCUT2D eigenvalue weighted by atomic mass is 9.98. The smallest absolute Gasteiger partial charge is 0.248 e. The van der Waals surface area contributed by atoms with Crippen LogP contribution in [-0.4, -0.2) is 40.5 Å². The molecule has 25 heavy (non-hydrogen) atoms. The van der Waals surface area contributed by atoms with Gasteiger partial charge in [0, 0.05) is 37.9 Å². The number of hydrogen-bond donors (Lipinski definition) is 0. The molecule has 0 saturated carbocycles. The van der Waals surface area contributed by atoms with Crippen LogP contribution in [0.3, 0.4) is 0 Å². The second kappa shape index (κ2) is 6.92. The van der Waals surface area contributed by atoms with Gasteiger partial charge in [-0.1, -0.05) is 19.0 Å². The van der Waals surface area contributed by atoms with Crippen molar-refractivity contribution in [2.24, 2.45) is 5.92 Å². The van der Waals surface area contributed by atoms with E-state index < -0.39 is 10.0 Å². The maximum Gasteiger partial charge on any atom is 0.248 e. The van der Waals surface area contributed by atoms with Gasteiger partial charge in [0.25, 0.3) is 0 Å². The Morgan fingerprint density at radius 3 is 2.52 bits per heavy atom. The molecule has 0 N–H and O–H groups in total. The Balaban J connectivity index is 1.67. The number of sulfonamides is 1. The van der Waals surface area contributed by atoms with Gasteiger partial charge in [-0.05, 0) is 32.6 Å². The Labute approximate surface area is 149 Å². The normalized spacial score (nSPS) is 17.5. The van der Waals surface area contributed by atoms with E-state index in [1.54, 1.807) is 18.2 Å². The molecule has 1 aliphatic rings. The van der Waals surface area contributed by atoms with E-state index in [4.69, 9.17) is 4.52 Å². The van der Waals surface area contributed by atoms with Crippen LogP contribution < -0.4 is 0 Å². The maximum atomic E-state index is 12.9. The molecule has 2 aromatic heterocycles. The highest BCUT2D eigenvalue weighted by atomic mass is 32.2. The molecule has 1 fully saturated rings. The molecule has 1 saturated heterocycles. The zero-order valence-electron chi connectivity index (χ0n) is 15.3. The third-order valence-electron chi connectivity index (χ3n) is 4.86. The summed E-state index contributed by atoms with van der Waals surface area (Å²) in [5, 5.41) is 3.78. The monoisotopic (exact) mass is 366 g/mol. The summed E-state index contributed by atoms with van der Waals surface area (Å²) in [4.78, 5) is 4.65. The summed E-state index contributed by atoms with van der Waals surface area (Å²) < 4.78 is 34.5. The molecule has 138 valence electrons. The van der Waals surface area contributed by atoms with Crippen LogP contribution in [0.4, 0.5) is 0 Å². The number of piperidine rings is 1. The van der Waals surface area contributed by atoms with Crippen molar-refractivity contribution in [3.8, 4) is 0 Å². The van der Waals surface area contributed by atoms with E-state index in [2.05, 4.69) is 28.6 Å². The topological polar surface area (TPSA) is 81.2 Å². The molecule has 0 radical (unpaired) electrons. The van der Waals surface area contributed by atoms with Crippen molar-refractivity contribution in [1.29, 1.82) is 0 Å². The zero-order valence-corrected chi connectivity index (χ0v) is 16.1. The van der Waals surface area contributed by atoms with Gasteiger partial charge < -0.3 is 9.09 Å². The van der Waals surface area contributed by atoms with Crippen LogP contribution >= 0.6 is 0 Å². The lowest BCUT2D eigenvalue weighted by molar-refractivity contribution is 0.250. The predicted octanol–water partition coefficient (Wildman–Crippen LogP) is 2.71. The first kappa shape index (κ1) is 18.1. The van der Waals surface area contributed by atoms with Crippen LogP contribution in [0.1, 0.15) is 49.9 Å². The summed E-state index contributed by atoms with van der Waals surface area (Å²) in [5.74, 6) is 2.29. The van der Waals surface area contributed by atoms with Crippen molar-refractivity contribution >= 4 is 10.0 Å². The van der Waals surface area contributed by atoms with E-state index in [0.717, 1.165) is 25.2 Å². The van der Waals surface area contributed by atoms with E-state index >= 15 is 0 Å². The zero-order chi connectivity index (χ0) is 18.2. The highest BCUT2D eigenvalue weighted by Gasteiger charge is 2.33. The van der Waals surface area contributed by atoms with Gasteiger partial charge in [0.15, 0.2) is 5.76 Å². The molecular weight excluding hydrogens is 340 g/mol. The third kappa shape index (κ3) is 3.50. The van der Waals surface area contributed by atoms with Gasteiger partial charge >= 0.3 is 0 Å². The molecule has 0 unspecified atom stereocenters. The predicted molar refractivity (Wildman–Crippen MR) is 93.8 cm³/mol. The molecular formula is C17H26N4O3S. The van der Waals surface area contributed by atoms with E-state index in [1.165, 1.54) is 0 Å². The van der Waals surface area contributed by atoms with Crippen molar-refractivity contribution < 1.29 is 12.9 Å². The lowest BCUT2D eigenvalue weighted by Gasteiger charge is -2.31. The van der Waals surface area contributed by atoms with Gasteiger partial charge in [-0.3, -0.25) is 0 Å². The Morgan fingerprint density at radius 1 is 1.28 bits per heavy atom. The van der Waals surface area contributed by atoms with E-state index in [-0.39, 0.29) is 4.90 Å². The quantitative estimate of drug-likeness (QED) is 0.813. The van der Waals surface area contributed by atoms with E-state index in [0.29, 0.717) is 36.4 Å². The van der Waals surface area contributed by atoms with Gasteiger partial charge in [-0.2, -0.15) is 4.31 Å². The number of aromatic nitrogens is 3. The molecule has 3 rings (SSSR count). The van der Waals surface area contributed by atoms with E-state index in [9.17, 15) is 8.42 Å². The molecule has 0 bridgehead atoms. The largest absolute Gasteiger partial charge is 0.360 e. The minimum absolute atomic E-state index is 0.225. The van der Waals surface area contributed by atoms with Crippen LogP contribution in [0.5, 0.6) is 0 Å². The molecule has 0 atom stereocenters. The molecule has 0 amide bonds. The van der Waals surface area contributed by atoms with Crippen molar-refractivity contribution in [2.75, 3.05) is 13.1 Å². The maximum absolute atomic E-state index is 12.9. The first-order chi connectivity index (χ1) is 11.8. The van der Waals surface area contributed by atoms with Crippen LogP contribution in [0.2, 0.25) is 0 Å². The molecule has 0 spiro atoms. The van der Waals surface area contributed by atoms with Crippen LogP contribution in [0.25, 0.3) is 0 Å². The Bertz CT molecular complexity index is 810. The summed E-state index contributed by atoms with van der Waals surface area (Å²) >= 11 is 0. The highest BCUT2D eigenvalue weighted by Crippen LogP contribution is 2.28. The SMILES string of the molecule is Cc1noc(C)c1S(=O)(=O)N1CCC(Cn2ccnc2C(C)C)CC1. The van der Waals surface area contributed by atoms with Gasteiger partial charge in [0.05, 0.1) is 0 Å². The average Bonchev–Trinajstić information content (AvgIpc) is 3.14. The number of rotatable bonds is 5. The fourth-order valence-corrected chi connectivity index (χ4v) is 5.32. The summed E-state index contributed by atoms with van der Waals surface area (Å²) in [5.41, 5.74) is 0.430. The van der Waals surface area contributed by atoms with Crippen molar-refractivity contribution in [3.63, 3.8) is 0 Å². The number of hydrogen-bond acceptors (Lipinski definition) is 5. The first-order valence-electron chi connectivity index (χ1n) is 8.74.